The maximum absolute atomic E-state index is 3.92. The number of nitrogens with one attached hydrogen (secondary N) is 1. The second-order valence-corrected chi connectivity index (χ2v) is 6.57. The molecule has 3 aliphatic carbocycles. The normalized spacial score (nSPS) is 34.1. The Labute approximate surface area is 100 Å². The van der Waals surface area contributed by atoms with Crippen LogP contribution in [0.2, 0.25) is 0 Å². The summed E-state index contributed by atoms with van der Waals surface area (Å²) in [6.07, 6.45) is 16.5. The van der Waals surface area contributed by atoms with Gasteiger partial charge in [0.05, 0.1) is 0 Å². The van der Waals surface area contributed by atoms with E-state index in [1.807, 2.05) is 0 Å². The van der Waals surface area contributed by atoms with Crippen LogP contribution in [-0.4, -0.2) is 12.6 Å². The molecule has 0 bridgehead atoms. The summed E-state index contributed by atoms with van der Waals surface area (Å²) in [6, 6.07) is 0.897. The van der Waals surface area contributed by atoms with Crippen LogP contribution < -0.4 is 5.32 Å². The van der Waals surface area contributed by atoms with Gasteiger partial charge in [-0.1, -0.05) is 32.1 Å². The third-order valence-corrected chi connectivity index (χ3v) is 5.65. The summed E-state index contributed by atoms with van der Waals surface area (Å²) in [7, 11) is 0. The molecule has 0 aliphatic heterocycles. The van der Waals surface area contributed by atoms with Gasteiger partial charge >= 0.3 is 0 Å². The van der Waals surface area contributed by atoms with E-state index in [1.165, 1.54) is 77.2 Å². The molecular weight excluding hydrogens is 194 g/mol. The highest BCUT2D eigenvalue weighted by atomic mass is 15.0. The monoisotopic (exact) mass is 221 g/mol. The molecule has 0 amide bonds. The van der Waals surface area contributed by atoms with E-state index in [-0.39, 0.29) is 0 Å². The van der Waals surface area contributed by atoms with Gasteiger partial charge in [-0.2, -0.15) is 0 Å². The minimum atomic E-state index is 0.761. The zero-order valence-corrected chi connectivity index (χ0v) is 10.6. The largest absolute Gasteiger partial charge is 0.313 e. The number of hydrogen-bond acceptors (Lipinski definition) is 1. The Bertz CT molecular complexity index is 224. The molecule has 3 fully saturated rings. The highest BCUT2D eigenvalue weighted by molar-refractivity contribution is 5.01. The highest BCUT2D eigenvalue weighted by Crippen LogP contribution is 2.51. The maximum Gasteiger partial charge on any atom is 0.0124 e. The molecule has 0 aromatic carbocycles. The van der Waals surface area contributed by atoms with Crippen LogP contribution in [0.1, 0.15) is 70.6 Å². The van der Waals surface area contributed by atoms with E-state index in [1.54, 1.807) is 0 Å². The van der Waals surface area contributed by atoms with Crippen molar-refractivity contribution in [2.24, 2.45) is 11.3 Å². The first-order chi connectivity index (χ1) is 7.89. The molecule has 1 heteroatoms. The van der Waals surface area contributed by atoms with Crippen LogP contribution in [0.15, 0.2) is 0 Å². The molecule has 1 N–H and O–H groups in total. The highest BCUT2D eigenvalue weighted by Gasteiger charge is 2.46. The van der Waals surface area contributed by atoms with E-state index in [9.17, 15) is 0 Å². The molecule has 1 nitrogen and oxygen atoms in total. The van der Waals surface area contributed by atoms with Crippen molar-refractivity contribution in [2.45, 2.75) is 76.7 Å². The Balaban J connectivity index is 1.47. The van der Waals surface area contributed by atoms with Crippen LogP contribution >= 0.6 is 0 Å². The van der Waals surface area contributed by atoms with Gasteiger partial charge in [0.1, 0.15) is 0 Å². The smallest absolute Gasteiger partial charge is 0.0124 e. The van der Waals surface area contributed by atoms with Crippen LogP contribution in [0.3, 0.4) is 0 Å². The Kier molecular flexibility index (Phi) is 3.24. The van der Waals surface area contributed by atoms with Crippen LogP contribution in [0.25, 0.3) is 0 Å². The third-order valence-electron chi connectivity index (χ3n) is 5.65. The predicted octanol–water partition coefficient (Wildman–Crippen LogP) is 3.88. The summed E-state index contributed by atoms with van der Waals surface area (Å²) in [5, 5.41) is 3.92. The average Bonchev–Trinajstić information content (AvgIpc) is 2.82. The molecule has 1 unspecified atom stereocenters. The summed E-state index contributed by atoms with van der Waals surface area (Å²) in [4.78, 5) is 0. The number of rotatable bonds is 3. The Morgan fingerprint density at radius 2 is 1.56 bits per heavy atom. The molecule has 1 atom stereocenters. The van der Waals surface area contributed by atoms with Gasteiger partial charge in [0.2, 0.25) is 0 Å². The molecule has 3 aliphatic rings. The van der Waals surface area contributed by atoms with Crippen molar-refractivity contribution in [1.29, 1.82) is 0 Å². The number of hydrogen-bond donors (Lipinski definition) is 1. The average molecular weight is 221 g/mol. The van der Waals surface area contributed by atoms with E-state index in [2.05, 4.69) is 5.32 Å². The fourth-order valence-corrected chi connectivity index (χ4v) is 4.39. The van der Waals surface area contributed by atoms with Crippen molar-refractivity contribution >= 4 is 0 Å². The standard InChI is InChI=1S/C15H27N/c1-4-9-15(10-5-1)11-8-14(15)16-12-13-6-2-3-7-13/h13-14,16H,1-12H2. The Hall–Kier alpha value is -0.0400. The molecule has 3 saturated carbocycles. The second kappa shape index (κ2) is 4.68. The van der Waals surface area contributed by atoms with Gasteiger partial charge in [0, 0.05) is 6.04 Å². The van der Waals surface area contributed by atoms with Gasteiger partial charge in [-0.15, -0.1) is 0 Å². The lowest BCUT2D eigenvalue weighted by atomic mass is 9.57. The van der Waals surface area contributed by atoms with E-state index in [4.69, 9.17) is 0 Å². The van der Waals surface area contributed by atoms with Gasteiger partial charge in [-0.25, -0.2) is 0 Å². The fraction of sp³-hybridized carbons (Fsp3) is 1.00. The minimum absolute atomic E-state index is 0.761. The lowest BCUT2D eigenvalue weighted by molar-refractivity contribution is 0.0212. The molecule has 0 heterocycles. The van der Waals surface area contributed by atoms with E-state index in [0.29, 0.717) is 0 Å². The Morgan fingerprint density at radius 1 is 0.812 bits per heavy atom. The quantitative estimate of drug-likeness (QED) is 0.762. The first-order valence-electron chi connectivity index (χ1n) is 7.62. The van der Waals surface area contributed by atoms with Crippen molar-refractivity contribution in [1.82, 2.24) is 5.32 Å². The molecule has 1 spiro atoms. The predicted molar refractivity (Wildman–Crippen MR) is 68.5 cm³/mol. The summed E-state index contributed by atoms with van der Waals surface area (Å²) < 4.78 is 0. The van der Waals surface area contributed by atoms with Gasteiger partial charge in [0.15, 0.2) is 0 Å². The topological polar surface area (TPSA) is 12.0 Å². The van der Waals surface area contributed by atoms with Crippen molar-refractivity contribution < 1.29 is 0 Å². The lowest BCUT2D eigenvalue weighted by Crippen LogP contribution is -2.55. The lowest BCUT2D eigenvalue weighted by Gasteiger charge is -2.53. The van der Waals surface area contributed by atoms with Crippen molar-refractivity contribution in [3.05, 3.63) is 0 Å². The van der Waals surface area contributed by atoms with Crippen molar-refractivity contribution in [3.63, 3.8) is 0 Å². The maximum atomic E-state index is 3.92. The SMILES string of the molecule is C1CCC2(CC1)CCC2NCC1CCCC1. The summed E-state index contributed by atoms with van der Waals surface area (Å²) in [5.41, 5.74) is 0.761. The summed E-state index contributed by atoms with van der Waals surface area (Å²) >= 11 is 0. The molecule has 0 aromatic rings. The van der Waals surface area contributed by atoms with Gasteiger partial charge < -0.3 is 5.32 Å². The summed E-state index contributed by atoms with van der Waals surface area (Å²) in [6.45, 7) is 1.33. The molecule has 92 valence electrons. The molecular formula is C15H27N. The first-order valence-corrected chi connectivity index (χ1v) is 7.62. The first kappa shape index (κ1) is 11.1. The Morgan fingerprint density at radius 3 is 2.19 bits per heavy atom. The van der Waals surface area contributed by atoms with Gasteiger partial charge in [0.25, 0.3) is 0 Å². The zero-order valence-electron chi connectivity index (χ0n) is 10.6. The summed E-state index contributed by atoms with van der Waals surface area (Å²) in [5.74, 6) is 1.02. The van der Waals surface area contributed by atoms with E-state index >= 15 is 0 Å². The van der Waals surface area contributed by atoms with E-state index < -0.39 is 0 Å². The van der Waals surface area contributed by atoms with Crippen molar-refractivity contribution in [3.8, 4) is 0 Å². The molecule has 16 heavy (non-hydrogen) atoms. The minimum Gasteiger partial charge on any atom is -0.313 e. The van der Waals surface area contributed by atoms with Crippen LogP contribution in [-0.2, 0) is 0 Å². The van der Waals surface area contributed by atoms with Crippen LogP contribution in [0.5, 0.6) is 0 Å². The molecule has 0 saturated heterocycles. The molecule has 0 radical (unpaired) electrons. The zero-order chi connectivity index (χ0) is 10.8. The molecule has 0 aromatic heterocycles. The van der Waals surface area contributed by atoms with Crippen LogP contribution in [0, 0.1) is 11.3 Å². The van der Waals surface area contributed by atoms with Gasteiger partial charge in [-0.3, -0.25) is 0 Å². The second-order valence-electron chi connectivity index (χ2n) is 6.57. The van der Waals surface area contributed by atoms with Crippen molar-refractivity contribution in [2.75, 3.05) is 6.54 Å². The third kappa shape index (κ3) is 2.03. The van der Waals surface area contributed by atoms with Gasteiger partial charge in [-0.05, 0) is 56.4 Å². The van der Waals surface area contributed by atoms with E-state index in [0.717, 1.165) is 17.4 Å². The molecule has 3 rings (SSSR count). The van der Waals surface area contributed by atoms with Crippen LogP contribution in [0.4, 0.5) is 0 Å². The fourth-order valence-electron chi connectivity index (χ4n) is 4.39.